The predicted octanol–water partition coefficient (Wildman–Crippen LogP) is 4.18. The number of aliphatic hydroxyl groups excluding tert-OH is 1. The molecule has 162 valence electrons. The molecule has 0 aliphatic carbocycles. The van der Waals surface area contributed by atoms with Crippen molar-refractivity contribution in [1.29, 1.82) is 0 Å². The summed E-state index contributed by atoms with van der Waals surface area (Å²) in [5, 5.41) is 12.7. The molecule has 0 unspecified atom stereocenters. The molecule has 1 aliphatic heterocycles. The molecule has 2 N–H and O–H groups in total. The quantitative estimate of drug-likeness (QED) is 0.588. The van der Waals surface area contributed by atoms with E-state index in [9.17, 15) is 18.7 Å². The van der Waals surface area contributed by atoms with Gasteiger partial charge in [0, 0.05) is 11.1 Å². The number of allylic oxidation sites excluding steroid dienone is 1. The molecular formula is C26H22F2N2O2. The maximum absolute atomic E-state index is 13.6. The van der Waals surface area contributed by atoms with Crippen molar-refractivity contribution in [2.75, 3.05) is 13.2 Å². The molecule has 0 saturated carbocycles. The number of aliphatic hydroxyl groups is 1. The van der Waals surface area contributed by atoms with Crippen LogP contribution in [0.5, 0.6) is 0 Å². The van der Waals surface area contributed by atoms with E-state index in [0.717, 1.165) is 23.3 Å². The van der Waals surface area contributed by atoms with Crippen LogP contribution in [0.2, 0.25) is 0 Å². The van der Waals surface area contributed by atoms with Gasteiger partial charge in [-0.25, -0.2) is 8.78 Å². The normalized spacial score (nSPS) is 14.0. The van der Waals surface area contributed by atoms with E-state index in [1.807, 2.05) is 36.4 Å². The lowest BCUT2D eigenvalue weighted by Gasteiger charge is -2.17. The van der Waals surface area contributed by atoms with E-state index in [0.29, 0.717) is 35.4 Å². The minimum absolute atomic E-state index is 0.191. The zero-order valence-corrected chi connectivity index (χ0v) is 17.3. The number of carbonyl (C=O) groups is 1. The van der Waals surface area contributed by atoms with Crippen LogP contribution in [0, 0.1) is 11.6 Å². The van der Waals surface area contributed by atoms with E-state index in [1.165, 1.54) is 6.07 Å². The Bertz CT molecular complexity index is 1190. The highest BCUT2D eigenvalue weighted by Crippen LogP contribution is 2.24. The number of halogens is 2. The molecule has 0 radical (unpaired) electrons. The molecule has 4 rings (SSSR count). The summed E-state index contributed by atoms with van der Waals surface area (Å²) in [6, 6.07) is 20.0. The Kier molecular flexibility index (Phi) is 6.52. The number of benzene rings is 3. The number of hydrogen-bond acceptors (Lipinski definition) is 3. The first-order valence-corrected chi connectivity index (χ1v) is 10.3. The first-order valence-electron chi connectivity index (χ1n) is 10.3. The first-order chi connectivity index (χ1) is 15.5. The number of nitrogens with zero attached hydrogens (tertiary/aromatic N) is 1. The molecule has 0 fully saturated rings. The van der Waals surface area contributed by atoms with Gasteiger partial charge >= 0.3 is 0 Å². The highest BCUT2D eigenvalue weighted by Gasteiger charge is 2.20. The summed E-state index contributed by atoms with van der Waals surface area (Å²) in [7, 11) is 0. The lowest BCUT2D eigenvalue weighted by atomic mass is 9.99. The lowest BCUT2D eigenvalue weighted by Crippen LogP contribution is -2.39. The van der Waals surface area contributed by atoms with Crippen molar-refractivity contribution in [2.24, 2.45) is 4.99 Å². The average Bonchev–Trinajstić information content (AvgIpc) is 3.31. The zero-order valence-electron chi connectivity index (χ0n) is 17.3. The third kappa shape index (κ3) is 4.81. The van der Waals surface area contributed by atoms with Crippen LogP contribution in [-0.2, 0) is 6.42 Å². The molecule has 3 aromatic carbocycles. The van der Waals surface area contributed by atoms with Crippen molar-refractivity contribution in [3.8, 4) is 0 Å². The van der Waals surface area contributed by atoms with Crippen LogP contribution in [0.15, 0.2) is 83.9 Å². The van der Waals surface area contributed by atoms with E-state index in [1.54, 1.807) is 24.3 Å². The molecule has 32 heavy (non-hydrogen) atoms. The minimum Gasteiger partial charge on any atom is -0.394 e. The summed E-state index contributed by atoms with van der Waals surface area (Å²) in [6.07, 6.45) is 2.29. The molecule has 0 aromatic heterocycles. The van der Waals surface area contributed by atoms with Gasteiger partial charge in [0.2, 0.25) is 0 Å². The Balaban J connectivity index is 1.54. The summed E-state index contributed by atoms with van der Waals surface area (Å²) in [6.45, 7) is 0.119. The monoisotopic (exact) mass is 432 g/mol. The Morgan fingerprint density at radius 3 is 2.50 bits per heavy atom. The molecule has 0 bridgehead atoms. The fourth-order valence-corrected chi connectivity index (χ4v) is 3.69. The topological polar surface area (TPSA) is 61.7 Å². The Hall–Kier alpha value is -3.64. The highest BCUT2D eigenvalue weighted by molar-refractivity contribution is 6.19. The van der Waals surface area contributed by atoms with Crippen molar-refractivity contribution >= 4 is 17.2 Å². The number of rotatable bonds is 7. The third-order valence-electron chi connectivity index (χ3n) is 5.35. The third-order valence-corrected chi connectivity index (χ3v) is 5.35. The molecular weight excluding hydrogens is 410 g/mol. The van der Waals surface area contributed by atoms with Gasteiger partial charge in [-0.15, -0.1) is 0 Å². The van der Waals surface area contributed by atoms with E-state index in [4.69, 9.17) is 0 Å². The number of aliphatic imine (C=N–C) groups is 1. The summed E-state index contributed by atoms with van der Waals surface area (Å²) < 4.78 is 26.9. The van der Waals surface area contributed by atoms with Crippen LogP contribution in [0.4, 0.5) is 8.78 Å². The lowest BCUT2D eigenvalue weighted by molar-refractivity contribution is 0.0916. The van der Waals surface area contributed by atoms with E-state index in [2.05, 4.69) is 10.3 Å². The van der Waals surface area contributed by atoms with Crippen LogP contribution in [0.25, 0.3) is 5.57 Å². The Labute approximate surface area is 185 Å². The van der Waals surface area contributed by atoms with Crippen molar-refractivity contribution in [3.63, 3.8) is 0 Å². The fraction of sp³-hybridized carbons (Fsp3) is 0.154. The van der Waals surface area contributed by atoms with Crippen LogP contribution in [-0.4, -0.2) is 35.9 Å². The van der Waals surface area contributed by atoms with Gasteiger partial charge in [0.15, 0.2) is 11.6 Å². The second-order valence-electron chi connectivity index (χ2n) is 7.59. The molecule has 0 saturated heterocycles. The Morgan fingerprint density at radius 2 is 1.75 bits per heavy atom. The van der Waals surface area contributed by atoms with Gasteiger partial charge in [-0.1, -0.05) is 54.6 Å². The maximum atomic E-state index is 13.6. The van der Waals surface area contributed by atoms with Gasteiger partial charge in [-0.2, -0.15) is 0 Å². The highest BCUT2D eigenvalue weighted by atomic mass is 19.2. The van der Waals surface area contributed by atoms with E-state index in [-0.39, 0.29) is 12.5 Å². The smallest absolute Gasteiger partial charge is 0.252 e. The summed E-state index contributed by atoms with van der Waals surface area (Å²) in [4.78, 5) is 17.5. The van der Waals surface area contributed by atoms with Gasteiger partial charge < -0.3 is 10.4 Å². The SMILES string of the molecule is O=C(N[C@@H](CO)Cc1ccccc1)c1ccccc1C1=NCC(c2ccc(F)c(F)c2)=C1. The average molecular weight is 432 g/mol. The van der Waals surface area contributed by atoms with Gasteiger partial charge in [0.1, 0.15) is 0 Å². The van der Waals surface area contributed by atoms with Gasteiger partial charge in [0.05, 0.1) is 24.9 Å². The molecule has 1 aliphatic rings. The summed E-state index contributed by atoms with van der Waals surface area (Å²) in [5.41, 5.74) is 3.97. The van der Waals surface area contributed by atoms with Crippen molar-refractivity contribution in [2.45, 2.75) is 12.5 Å². The molecule has 1 amide bonds. The number of carbonyl (C=O) groups excluding carboxylic acids is 1. The van der Waals surface area contributed by atoms with Crippen LogP contribution < -0.4 is 5.32 Å². The minimum atomic E-state index is -0.912. The standard InChI is InChI=1S/C26H22F2N2O2/c27-23-11-10-18(13-24(23)28)19-14-25(29-15-19)21-8-4-5-9-22(21)26(32)30-20(16-31)12-17-6-2-1-3-7-17/h1-11,13-14,20,31H,12,15-16H2,(H,30,32)/t20-/m1/s1. The van der Waals surface area contributed by atoms with Gasteiger partial charge in [-0.3, -0.25) is 9.79 Å². The molecule has 4 nitrogen and oxygen atoms in total. The molecule has 1 atom stereocenters. The van der Waals surface area contributed by atoms with Crippen LogP contribution >= 0.6 is 0 Å². The summed E-state index contributed by atoms with van der Waals surface area (Å²) in [5.74, 6) is -2.12. The van der Waals surface area contributed by atoms with E-state index < -0.39 is 17.7 Å². The first kappa shape index (κ1) is 21.6. The number of amides is 1. The number of nitrogens with one attached hydrogen (secondary N) is 1. The largest absolute Gasteiger partial charge is 0.394 e. The van der Waals surface area contributed by atoms with E-state index >= 15 is 0 Å². The van der Waals surface area contributed by atoms with Gasteiger partial charge in [0.25, 0.3) is 5.91 Å². The maximum Gasteiger partial charge on any atom is 0.252 e. The number of hydrogen-bond donors (Lipinski definition) is 2. The van der Waals surface area contributed by atoms with Gasteiger partial charge in [-0.05, 0) is 47.4 Å². The van der Waals surface area contributed by atoms with Crippen LogP contribution in [0.3, 0.4) is 0 Å². The zero-order chi connectivity index (χ0) is 22.5. The molecule has 3 aromatic rings. The predicted molar refractivity (Wildman–Crippen MR) is 121 cm³/mol. The molecule has 1 heterocycles. The second kappa shape index (κ2) is 9.66. The molecule has 0 spiro atoms. The fourth-order valence-electron chi connectivity index (χ4n) is 3.69. The van der Waals surface area contributed by atoms with Crippen molar-refractivity contribution < 1.29 is 18.7 Å². The van der Waals surface area contributed by atoms with Crippen molar-refractivity contribution in [1.82, 2.24) is 5.32 Å². The summed E-state index contributed by atoms with van der Waals surface area (Å²) >= 11 is 0. The van der Waals surface area contributed by atoms with Crippen molar-refractivity contribution in [3.05, 3.63) is 113 Å². The Morgan fingerprint density at radius 1 is 1.00 bits per heavy atom. The molecule has 6 heteroatoms. The van der Waals surface area contributed by atoms with Crippen LogP contribution in [0.1, 0.15) is 27.0 Å². The second-order valence-corrected chi connectivity index (χ2v) is 7.59.